The number of nitrogens with one attached hydrogen (secondary N) is 1. The highest BCUT2D eigenvalue weighted by Crippen LogP contribution is 2.21. The summed E-state index contributed by atoms with van der Waals surface area (Å²) in [6.07, 6.45) is 0.728. The van der Waals surface area contributed by atoms with Crippen LogP contribution in [0.1, 0.15) is 40.2 Å². The van der Waals surface area contributed by atoms with Gasteiger partial charge in [0, 0.05) is 6.04 Å². The molecule has 0 saturated heterocycles. The Morgan fingerprint density at radius 3 is 2.54 bits per heavy atom. The van der Waals surface area contributed by atoms with Crippen molar-refractivity contribution in [1.82, 2.24) is 14.9 Å². The molecule has 1 heterocycles. The number of esters is 1. The minimum absolute atomic E-state index is 0.0431. The molecule has 1 aromatic carbocycles. The molecule has 1 aromatic heterocycles. The lowest BCUT2D eigenvalue weighted by Crippen LogP contribution is -2.46. The summed E-state index contributed by atoms with van der Waals surface area (Å²) in [5.41, 5.74) is 0.468. The fraction of sp³-hybridized carbons (Fsp3) is 0.500. The lowest BCUT2D eigenvalue weighted by Gasteiger charge is -2.22. The molecule has 0 aliphatic rings. The van der Waals surface area contributed by atoms with Gasteiger partial charge in [-0.2, -0.15) is 0 Å². The third-order valence-electron chi connectivity index (χ3n) is 4.61. The Bertz CT molecular complexity index is 910. The van der Waals surface area contributed by atoms with E-state index in [1.165, 1.54) is 18.9 Å². The topological polar surface area (TPSA) is 90.3 Å². The number of rotatable bonds is 8. The van der Waals surface area contributed by atoms with Crippen molar-refractivity contribution in [1.29, 1.82) is 0 Å². The smallest absolute Gasteiger partial charge is 0.328 e. The quantitative estimate of drug-likeness (QED) is 0.413. The van der Waals surface area contributed by atoms with Gasteiger partial charge in [0.15, 0.2) is 5.16 Å². The number of carbonyl (C=O) groups is 2. The molecule has 0 aliphatic heterocycles. The van der Waals surface area contributed by atoms with Crippen LogP contribution in [-0.4, -0.2) is 40.3 Å². The predicted octanol–water partition coefficient (Wildman–Crippen LogP) is 2.77. The second-order valence-corrected chi connectivity index (χ2v) is 7.87. The van der Waals surface area contributed by atoms with E-state index in [1.807, 2.05) is 33.8 Å². The molecular weight excluding hydrogens is 378 g/mol. The molecule has 2 rings (SSSR count). The van der Waals surface area contributed by atoms with E-state index in [1.54, 1.807) is 22.8 Å². The van der Waals surface area contributed by atoms with Crippen LogP contribution in [0, 0.1) is 5.92 Å². The van der Waals surface area contributed by atoms with E-state index in [0.717, 1.165) is 6.42 Å². The van der Waals surface area contributed by atoms with Crippen molar-refractivity contribution in [3.05, 3.63) is 34.6 Å². The monoisotopic (exact) mass is 405 g/mol. The Labute approximate surface area is 168 Å². The third kappa shape index (κ3) is 4.92. The van der Waals surface area contributed by atoms with Gasteiger partial charge in [0.1, 0.15) is 6.04 Å². The SMILES string of the molecule is CC[C@@H](C)[C@H](NC(=O)CSc1nc2ccccc2c(=O)n1C(C)C)C(=O)OC. The van der Waals surface area contributed by atoms with Crippen LogP contribution >= 0.6 is 11.8 Å². The van der Waals surface area contributed by atoms with Gasteiger partial charge in [-0.15, -0.1) is 0 Å². The van der Waals surface area contributed by atoms with Gasteiger partial charge in [-0.05, 0) is 31.9 Å². The largest absolute Gasteiger partial charge is 0.467 e. The number of aromatic nitrogens is 2. The van der Waals surface area contributed by atoms with E-state index in [2.05, 4.69) is 10.3 Å². The predicted molar refractivity (Wildman–Crippen MR) is 111 cm³/mol. The Morgan fingerprint density at radius 2 is 1.93 bits per heavy atom. The van der Waals surface area contributed by atoms with Crippen molar-refractivity contribution in [2.75, 3.05) is 12.9 Å². The standard InChI is InChI=1S/C20H27N3O4S/c1-6-13(4)17(19(26)27-5)22-16(24)11-28-20-21-15-10-8-7-9-14(15)18(25)23(20)12(2)3/h7-10,12-13,17H,6,11H2,1-5H3,(H,22,24)/t13-,17+/m1/s1. The lowest BCUT2D eigenvalue weighted by atomic mass is 9.99. The summed E-state index contributed by atoms with van der Waals surface area (Å²) in [7, 11) is 1.30. The molecule has 1 N–H and O–H groups in total. The van der Waals surface area contributed by atoms with Crippen LogP contribution < -0.4 is 10.9 Å². The van der Waals surface area contributed by atoms with Crippen molar-refractivity contribution < 1.29 is 14.3 Å². The first kappa shape index (κ1) is 21.9. The average molecular weight is 406 g/mol. The number of methoxy groups -OCH3 is 1. The van der Waals surface area contributed by atoms with Gasteiger partial charge in [-0.25, -0.2) is 9.78 Å². The molecule has 152 valence electrons. The van der Waals surface area contributed by atoms with Crippen LogP contribution in [0.25, 0.3) is 10.9 Å². The normalized spacial score (nSPS) is 13.4. The third-order valence-corrected chi connectivity index (χ3v) is 5.56. The Hall–Kier alpha value is -2.35. The van der Waals surface area contributed by atoms with E-state index in [9.17, 15) is 14.4 Å². The number of ether oxygens (including phenoxy) is 1. The van der Waals surface area contributed by atoms with E-state index in [4.69, 9.17) is 4.74 Å². The van der Waals surface area contributed by atoms with E-state index < -0.39 is 12.0 Å². The molecule has 1 amide bonds. The Balaban J connectivity index is 2.22. The van der Waals surface area contributed by atoms with Crippen LogP contribution in [0.5, 0.6) is 0 Å². The molecule has 0 aliphatic carbocycles. The van der Waals surface area contributed by atoms with Crippen molar-refractivity contribution in [3.8, 4) is 0 Å². The van der Waals surface area contributed by atoms with Crippen LogP contribution in [0.4, 0.5) is 0 Å². The van der Waals surface area contributed by atoms with Crippen LogP contribution in [-0.2, 0) is 14.3 Å². The first-order valence-corrected chi connectivity index (χ1v) is 10.3. The van der Waals surface area contributed by atoms with Gasteiger partial charge >= 0.3 is 5.97 Å². The number of fused-ring (bicyclic) bond motifs is 1. The van der Waals surface area contributed by atoms with E-state index in [0.29, 0.717) is 16.1 Å². The zero-order valence-electron chi connectivity index (χ0n) is 16.9. The Kier molecular flexibility index (Phi) is 7.62. The highest BCUT2D eigenvalue weighted by molar-refractivity contribution is 7.99. The van der Waals surface area contributed by atoms with Gasteiger partial charge < -0.3 is 10.1 Å². The van der Waals surface area contributed by atoms with Crippen molar-refractivity contribution in [2.24, 2.45) is 5.92 Å². The van der Waals surface area contributed by atoms with Crippen molar-refractivity contribution in [2.45, 2.75) is 51.4 Å². The summed E-state index contributed by atoms with van der Waals surface area (Å²) in [5, 5.41) is 3.77. The summed E-state index contributed by atoms with van der Waals surface area (Å²) in [4.78, 5) is 41.8. The maximum Gasteiger partial charge on any atom is 0.328 e. The minimum Gasteiger partial charge on any atom is -0.467 e. The summed E-state index contributed by atoms with van der Waals surface area (Å²) in [5.74, 6) is -0.774. The van der Waals surface area contributed by atoms with Gasteiger partial charge in [0.25, 0.3) is 5.56 Å². The molecule has 7 nitrogen and oxygen atoms in total. The molecule has 0 saturated carbocycles. The second kappa shape index (κ2) is 9.73. The summed E-state index contributed by atoms with van der Waals surface area (Å²) < 4.78 is 6.39. The van der Waals surface area contributed by atoms with Crippen molar-refractivity contribution in [3.63, 3.8) is 0 Å². The number of nitrogens with zero attached hydrogens (tertiary/aromatic N) is 2. The average Bonchev–Trinajstić information content (AvgIpc) is 2.69. The van der Waals surface area contributed by atoms with Gasteiger partial charge in [0.2, 0.25) is 5.91 Å². The van der Waals surface area contributed by atoms with E-state index >= 15 is 0 Å². The maximum atomic E-state index is 12.8. The highest BCUT2D eigenvalue weighted by atomic mass is 32.2. The summed E-state index contributed by atoms with van der Waals surface area (Å²) in [6.45, 7) is 7.63. The summed E-state index contributed by atoms with van der Waals surface area (Å²) in [6, 6.07) is 6.36. The molecular formula is C20H27N3O4S. The second-order valence-electron chi connectivity index (χ2n) is 6.92. The number of thioether (sulfide) groups is 1. The maximum absolute atomic E-state index is 12.8. The lowest BCUT2D eigenvalue weighted by molar-refractivity contribution is -0.146. The van der Waals surface area contributed by atoms with Crippen molar-refractivity contribution >= 4 is 34.5 Å². The molecule has 2 atom stereocenters. The number of benzene rings is 1. The molecule has 0 unspecified atom stereocenters. The molecule has 2 aromatic rings. The number of hydrogen-bond acceptors (Lipinski definition) is 6. The zero-order valence-corrected chi connectivity index (χ0v) is 17.7. The fourth-order valence-corrected chi connectivity index (χ4v) is 3.76. The number of amides is 1. The highest BCUT2D eigenvalue weighted by Gasteiger charge is 2.27. The van der Waals surface area contributed by atoms with Gasteiger partial charge in [-0.1, -0.05) is 44.2 Å². The zero-order chi connectivity index (χ0) is 20.8. The molecule has 28 heavy (non-hydrogen) atoms. The Morgan fingerprint density at radius 1 is 1.25 bits per heavy atom. The first-order valence-electron chi connectivity index (χ1n) is 9.31. The first-order chi connectivity index (χ1) is 13.3. The minimum atomic E-state index is -0.694. The fourth-order valence-electron chi connectivity index (χ4n) is 2.82. The van der Waals surface area contributed by atoms with Gasteiger partial charge in [-0.3, -0.25) is 14.2 Å². The molecule has 0 bridgehead atoms. The molecule has 0 spiro atoms. The molecule has 0 fully saturated rings. The van der Waals surface area contributed by atoms with Crippen LogP contribution in [0.2, 0.25) is 0 Å². The number of carbonyl (C=O) groups excluding carboxylic acids is 2. The van der Waals surface area contributed by atoms with Crippen LogP contribution in [0.3, 0.4) is 0 Å². The number of para-hydroxylation sites is 1. The number of hydrogen-bond donors (Lipinski definition) is 1. The summed E-state index contributed by atoms with van der Waals surface area (Å²) >= 11 is 1.18. The van der Waals surface area contributed by atoms with Gasteiger partial charge in [0.05, 0.1) is 23.8 Å². The molecule has 8 heteroatoms. The molecule has 0 radical (unpaired) electrons. The van der Waals surface area contributed by atoms with E-state index in [-0.39, 0.29) is 29.2 Å². The van der Waals surface area contributed by atoms with Crippen LogP contribution in [0.15, 0.2) is 34.2 Å².